The van der Waals surface area contributed by atoms with Crippen LogP contribution in [0.4, 0.5) is 0 Å². The van der Waals surface area contributed by atoms with Gasteiger partial charge in [0.05, 0.1) is 12.3 Å². The first kappa shape index (κ1) is 13.1. The van der Waals surface area contributed by atoms with Crippen molar-refractivity contribution in [2.24, 2.45) is 0 Å². The third-order valence-corrected chi connectivity index (χ3v) is 3.88. The maximum Gasteiger partial charge on any atom is 0.122 e. The second-order valence-corrected chi connectivity index (χ2v) is 5.26. The van der Waals surface area contributed by atoms with Gasteiger partial charge in [-0.25, -0.2) is 0 Å². The number of hydrogen-bond donors (Lipinski definition) is 1. The minimum atomic E-state index is 0.270. The van der Waals surface area contributed by atoms with Crippen molar-refractivity contribution in [1.82, 2.24) is 10.3 Å². The molecule has 1 N–H and O–H groups in total. The van der Waals surface area contributed by atoms with E-state index >= 15 is 0 Å². The van der Waals surface area contributed by atoms with Crippen molar-refractivity contribution in [1.29, 1.82) is 0 Å². The molecule has 0 radical (unpaired) electrons. The number of rotatable bonds is 4. The lowest BCUT2D eigenvalue weighted by Crippen LogP contribution is -2.28. The molecule has 1 aromatic carbocycles. The summed E-state index contributed by atoms with van der Waals surface area (Å²) in [6.07, 6.45) is 2.91. The number of para-hydroxylation sites is 1. The van der Waals surface area contributed by atoms with Gasteiger partial charge in [-0.1, -0.05) is 24.3 Å². The van der Waals surface area contributed by atoms with Crippen molar-refractivity contribution >= 4 is 0 Å². The molecule has 20 heavy (non-hydrogen) atoms. The van der Waals surface area contributed by atoms with Crippen LogP contribution >= 0.6 is 0 Å². The van der Waals surface area contributed by atoms with Crippen LogP contribution in [0.2, 0.25) is 0 Å². The Morgan fingerprint density at radius 1 is 1.25 bits per heavy atom. The van der Waals surface area contributed by atoms with Gasteiger partial charge in [-0.05, 0) is 37.1 Å². The van der Waals surface area contributed by atoms with E-state index in [9.17, 15) is 0 Å². The van der Waals surface area contributed by atoms with Gasteiger partial charge in [-0.3, -0.25) is 4.98 Å². The number of ether oxygens (including phenoxy) is 1. The Kier molecular flexibility index (Phi) is 3.97. The van der Waals surface area contributed by atoms with Gasteiger partial charge in [-0.15, -0.1) is 0 Å². The molecule has 3 rings (SSSR count). The highest BCUT2D eigenvalue weighted by Gasteiger charge is 2.21. The summed E-state index contributed by atoms with van der Waals surface area (Å²) >= 11 is 0. The van der Waals surface area contributed by atoms with Crippen LogP contribution in [0.1, 0.15) is 36.6 Å². The highest BCUT2D eigenvalue weighted by molar-refractivity contribution is 5.37. The SMILES string of the molecule is CC(NCC1CCOc2ccccc21)c1ccccn1. The zero-order valence-corrected chi connectivity index (χ0v) is 11.8. The first-order chi connectivity index (χ1) is 9.84. The lowest BCUT2D eigenvalue weighted by molar-refractivity contribution is 0.262. The van der Waals surface area contributed by atoms with Crippen LogP contribution in [0.25, 0.3) is 0 Å². The summed E-state index contributed by atoms with van der Waals surface area (Å²) in [5.41, 5.74) is 2.41. The van der Waals surface area contributed by atoms with Crippen LogP contribution < -0.4 is 10.1 Å². The fourth-order valence-electron chi connectivity index (χ4n) is 2.68. The van der Waals surface area contributed by atoms with Crippen molar-refractivity contribution in [2.45, 2.75) is 25.3 Å². The molecular weight excluding hydrogens is 248 g/mol. The third kappa shape index (κ3) is 2.83. The molecule has 3 nitrogen and oxygen atoms in total. The van der Waals surface area contributed by atoms with Crippen LogP contribution in [0.5, 0.6) is 5.75 Å². The summed E-state index contributed by atoms with van der Waals surface area (Å²) in [5.74, 6) is 1.56. The number of hydrogen-bond acceptors (Lipinski definition) is 3. The second kappa shape index (κ2) is 6.06. The van der Waals surface area contributed by atoms with Crippen LogP contribution in [-0.2, 0) is 0 Å². The van der Waals surface area contributed by atoms with Crippen LogP contribution in [0.15, 0.2) is 48.7 Å². The van der Waals surface area contributed by atoms with Gasteiger partial charge in [-0.2, -0.15) is 0 Å². The van der Waals surface area contributed by atoms with E-state index in [1.165, 1.54) is 5.56 Å². The highest BCUT2D eigenvalue weighted by Crippen LogP contribution is 2.33. The molecule has 0 aliphatic carbocycles. The van der Waals surface area contributed by atoms with E-state index < -0.39 is 0 Å². The second-order valence-electron chi connectivity index (χ2n) is 5.26. The summed E-state index contributed by atoms with van der Waals surface area (Å²) in [5, 5.41) is 3.59. The van der Waals surface area contributed by atoms with Crippen molar-refractivity contribution in [3.05, 3.63) is 59.9 Å². The molecule has 1 aliphatic rings. The average molecular weight is 268 g/mol. The number of fused-ring (bicyclic) bond motifs is 1. The Morgan fingerprint density at radius 2 is 2.10 bits per heavy atom. The standard InChI is InChI=1S/C17H20N2O/c1-13(16-7-4-5-10-18-16)19-12-14-9-11-20-17-8-3-2-6-15(14)17/h2-8,10,13-14,19H,9,11-12H2,1H3. The third-order valence-electron chi connectivity index (χ3n) is 3.88. The van der Waals surface area contributed by atoms with Crippen LogP contribution in [-0.4, -0.2) is 18.1 Å². The normalized spacial score (nSPS) is 18.9. The summed E-state index contributed by atoms with van der Waals surface area (Å²) in [7, 11) is 0. The predicted octanol–water partition coefficient (Wildman–Crippen LogP) is 3.30. The Labute approximate surface area is 120 Å². The molecule has 0 saturated carbocycles. The Morgan fingerprint density at radius 3 is 2.95 bits per heavy atom. The molecular formula is C17H20N2O. The van der Waals surface area contributed by atoms with Crippen molar-refractivity contribution in [2.75, 3.05) is 13.2 Å². The molecule has 2 heterocycles. The van der Waals surface area contributed by atoms with Gasteiger partial charge in [0.25, 0.3) is 0 Å². The smallest absolute Gasteiger partial charge is 0.122 e. The van der Waals surface area contributed by atoms with E-state index in [2.05, 4.69) is 41.5 Å². The predicted molar refractivity (Wildman–Crippen MR) is 79.9 cm³/mol. The highest BCUT2D eigenvalue weighted by atomic mass is 16.5. The number of nitrogens with one attached hydrogen (secondary N) is 1. The van der Waals surface area contributed by atoms with E-state index in [4.69, 9.17) is 4.74 Å². The number of pyridine rings is 1. The molecule has 104 valence electrons. The van der Waals surface area contributed by atoms with E-state index in [-0.39, 0.29) is 6.04 Å². The topological polar surface area (TPSA) is 34.1 Å². The van der Waals surface area contributed by atoms with Crippen molar-refractivity contribution in [3.63, 3.8) is 0 Å². The Balaban J connectivity index is 1.65. The van der Waals surface area contributed by atoms with Crippen LogP contribution in [0.3, 0.4) is 0 Å². The fourth-order valence-corrected chi connectivity index (χ4v) is 2.68. The minimum Gasteiger partial charge on any atom is -0.493 e. The molecule has 0 fully saturated rings. The quantitative estimate of drug-likeness (QED) is 0.924. The molecule has 0 amide bonds. The zero-order valence-electron chi connectivity index (χ0n) is 11.8. The van der Waals surface area contributed by atoms with E-state index in [0.717, 1.165) is 31.0 Å². The van der Waals surface area contributed by atoms with E-state index in [1.807, 2.05) is 24.4 Å². The maximum absolute atomic E-state index is 5.71. The molecule has 0 bridgehead atoms. The van der Waals surface area contributed by atoms with Crippen LogP contribution in [0, 0.1) is 0 Å². The summed E-state index contributed by atoms with van der Waals surface area (Å²) in [6, 6.07) is 14.7. The van der Waals surface area contributed by atoms with Gasteiger partial charge < -0.3 is 10.1 Å². The largest absolute Gasteiger partial charge is 0.493 e. The first-order valence-corrected chi connectivity index (χ1v) is 7.20. The van der Waals surface area contributed by atoms with E-state index in [0.29, 0.717) is 5.92 Å². The summed E-state index contributed by atoms with van der Waals surface area (Å²) in [4.78, 5) is 4.40. The monoisotopic (exact) mass is 268 g/mol. The first-order valence-electron chi connectivity index (χ1n) is 7.20. The lowest BCUT2D eigenvalue weighted by Gasteiger charge is -2.27. The molecule has 2 aromatic rings. The number of benzene rings is 1. The molecule has 1 aliphatic heterocycles. The van der Waals surface area contributed by atoms with E-state index in [1.54, 1.807) is 0 Å². The molecule has 0 saturated heterocycles. The molecule has 2 atom stereocenters. The van der Waals surface area contributed by atoms with Gasteiger partial charge in [0.2, 0.25) is 0 Å². The Hall–Kier alpha value is -1.87. The van der Waals surface area contributed by atoms with Gasteiger partial charge in [0.15, 0.2) is 0 Å². The zero-order chi connectivity index (χ0) is 13.8. The summed E-state index contributed by atoms with van der Waals surface area (Å²) in [6.45, 7) is 3.92. The molecule has 1 aromatic heterocycles. The fraction of sp³-hybridized carbons (Fsp3) is 0.353. The van der Waals surface area contributed by atoms with Crippen molar-refractivity contribution in [3.8, 4) is 5.75 Å². The maximum atomic E-state index is 5.71. The van der Waals surface area contributed by atoms with Gasteiger partial charge in [0.1, 0.15) is 5.75 Å². The van der Waals surface area contributed by atoms with Crippen molar-refractivity contribution < 1.29 is 4.74 Å². The molecule has 3 heteroatoms. The van der Waals surface area contributed by atoms with Gasteiger partial charge >= 0.3 is 0 Å². The average Bonchev–Trinajstić information content (AvgIpc) is 2.53. The van der Waals surface area contributed by atoms with Gasteiger partial charge in [0, 0.05) is 24.7 Å². The minimum absolute atomic E-state index is 0.270. The Bertz CT molecular complexity index is 556. The summed E-state index contributed by atoms with van der Waals surface area (Å²) < 4.78 is 5.71. The molecule has 0 spiro atoms. The lowest BCUT2D eigenvalue weighted by atomic mass is 9.93. The molecule has 2 unspecified atom stereocenters. The number of aromatic nitrogens is 1. The number of nitrogens with zero attached hydrogens (tertiary/aromatic N) is 1.